The molecule has 0 radical (unpaired) electrons. The molecule has 0 aliphatic carbocycles. The van der Waals surface area contributed by atoms with E-state index in [1.54, 1.807) is 0 Å². The van der Waals surface area contributed by atoms with Crippen LogP contribution in [0.25, 0.3) is 0 Å². The number of nitrogens with two attached hydrogens (primary N) is 2. The Morgan fingerprint density at radius 1 is 1.25 bits per heavy atom. The molecule has 0 saturated carbocycles. The zero-order valence-corrected chi connectivity index (χ0v) is 8.34. The maximum atomic E-state index is 13.2. The van der Waals surface area contributed by atoms with Crippen molar-refractivity contribution in [3.63, 3.8) is 0 Å². The lowest BCUT2D eigenvalue weighted by Crippen LogP contribution is -2.18. The molecule has 0 aromatic heterocycles. The van der Waals surface area contributed by atoms with Crippen LogP contribution in [-0.4, -0.2) is 5.91 Å². The Labute approximate surface area is 90.2 Å². The van der Waals surface area contributed by atoms with E-state index < -0.39 is 35.0 Å². The van der Waals surface area contributed by atoms with Crippen LogP contribution in [0, 0.1) is 17.5 Å². The maximum absolute atomic E-state index is 13.2. The number of carbonyl (C=O) groups excluding carboxylic acids is 1. The number of benzene rings is 1. The van der Waals surface area contributed by atoms with Crippen LogP contribution >= 0.6 is 0 Å². The van der Waals surface area contributed by atoms with Crippen molar-refractivity contribution in [2.45, 2.75) is 18.9 Å². The summed E-state index contributed by atoms with van der Waals surface area (Å²) in [6.07, 6.45) is -0.0772. The molecule has 1 aromatic carbocycles. The highest BCUT2D eigenvalue weighted by Gasteiger charge is 2.18. The molecule has 1 aromatic rings. The Kier molecular flexibility index (Phi) is 3.89. The average molecular weight is 232 g/mol. The van der Waals surface area contributed by atoms with E-state index in [-0.39, 0.29) is 12.8 Å². The first-order valence-corrected chi connectivity index (χ1v) is 4.60. The van der Waals surface area contributed by atoms with Crippen LogP contribution in [0.1, 0.15) is 24.4 Å². The fraction of sp³-hybridized carbons (Fsp3) is 0.300. The van der Waals surface area contributed by atoms with Gasteiger partial charge in [0.1, 0.15) is 17.5 Å². The molecule has 1 unspecified atom stereocenters. The van der Waals surface area contributed by atoms with Crippen molar-refractivity contribution < 1.29 is 18.0 Å². The van der Waals surface area contributed by atoms with Gasteiger partial charge in [0, 0.05) is 30.2 Å². The number of halogens is 3. The van der Waals surface area contributed by atoms with Crippen LogP contribution in [0.2, 0.25) is 0 Å². The molecule has 0 heterocycles. The third-order valence-corrected chi connectivity index (χ3v) is 2.12. The molecule has 0 saturated heterocycles. The fourth-order valence-corrected chi connectivity index (χ4v) is 1.35. The Balaban J connectivity index is 2.90. The van der Waals surface area contributed by atoms with Crippen molar-refractivity contribution in [3.05, 3.63) is 35.1 Å². The lowest BCUT2D eigenvalue weighted by molar-refractivity contribution is -0.118. The second kappa shape index (κ2) is 4.98. The average Bonchev–Trinajstić information content (AvgIpc) is 2.12. The normalized spacial score (nSPS) is 12.5. The van der Waals surface area contributed by atoms with Crippen molar-refractivity contribution in [1.82, 2.24) is 0 Å². The Bertz CT molecular complexity index is 386. The second-order valence-electron chi connectivity index (χ2n) is 3.39. The molecular weight excluding hydrogens is 221 g/mol. The summed E-state index contributed by atoms with van der Waals surface area (Å²) in [5.41, 5.74) is 9.93. The predicted octanol–water partition coefficient (Wildman–Crippen LogP) is 1.37. The molecular formula is C10H11F3N2O. The van der Waals surface area contributed by atoms with Gasteiger partial charge in [-0.05, 0) is 6.42 Å². The molecule has 88 valence electrons. The predicted molar refractivity (Wildman–Crippen MR) is 51.7 cm³/mol. The van der Waals surface area contributed by atoms with Gasteiger partial charge in [-0.1, -0.05) is 0 Å². The molecule has 0 bridgehead atoms. The molecule has 0 aliphatic heterocycles. The van der Waals surface area contributed by atoms with Gasteiger partial charge < -0.3 is 11.5 Å². The molecule has 4 N–H and O–H groups in total. The van der Waals surface area contributed by atoms with E-state index in [1.165, 1.54) is 0 Å². The van der Waals surface area contributed by atoms with Gasteiger partial charge in [-0.15, -0.1) is 0 Å². The molecule has 0 spiro atoms. The number of hydrogen-bond donors (Lipinski definition) is 2. The quantitative estimate of drug-likeness (QED) is 0.823. The highest BCUT2D eigenvalue weighted by atomic mass is 19.1. The summed E-state index contributed by atoms with van der Waals surface area (Å²) in [7, 11) is 0. The first-order valence-electron chi connectivity index (χ1n) is 4.60. The van der Waals surface area contributed by atoms with E-state index in [0.717, 1.165) is 0 Å². The van der Waals surface area contributed by atoms with E-state index in [9.17, 15) is 18.0 Å². The van der Waals surface area contributed by atoms with Crippen molar-refractivity contribution in [1.29, 1.82) is 0 Å². The SMILES string of the molecule is NC(=O)CCC(N)c1c(F)cc(F)cc1F. The van der Waals surface area contributed by atoms with Crippen molar-refractivity contribution in [2.24, 2.45) is 11.5 Å². The molecule has 6 heteroatoms. The van der Waals surface area contributed by atoms with E-state index >= 15 is 0 Å². The van der Waals surface area contributed by atoms with Crippen LogP contribution in [0.4, 0.5) is 13.2 Å². The van der Waals surface area contributed by atoms with Crippen molar-refractivity contribution in [3.8, 4) is 0 Å². The number of primary amides is 1. The third kappa shape index (κ3) is 2.96. The summed E-state index contributed by atoms with van der Waals surface area (Å²) in [5, 5.41) is 0. The van der Waals surface area contributed by atoms with E-state index in [1.807, 2.05) is 0 Å². The Morgan fingerprint density at radius 3 is 2.19 bits per heavy atom. The largest absolute Gasteiger partial charge is 0.370 e. The Hall–Kier alpha value is -1.56. The third-order valence-electron chi connectivity index (χ3n) is 2.12. The summed E-state index contributed by atoms with van der Waals surface area (Å²) in [4.78, 5) is 10.5. The highest BCUT2D eigenvalue weighted by Crippen LogP contribution is 2.23. The van der Waals surface area contributed by atoms with Crippen LogP contribution in [-0.2, 0) is 4.79 Å². The zero-order valence-electron chi connectivity index (χ0n) is 8.34. The molecule has 16 heavy (non-hydrogen) atoms. The van der Waals surface area contributed by atoms with Gasteiger partial charge in [-0.2, -0.15) is 0 Å². The lowest BCUT2D eigenvalue weighted by Gasteiger charge is -2.12. The van der Waals surface area contributed by atoms with Crippen LogP contribution < -0.4 is 11.5 Å². The van der Waals surface area contributed by atoms with E-state index in [0.29, 0.717) is 12.1 Å². The minimum absolute atomic E-state index is 0.00874. The number of hydrogen-bond acceptors (Lipinski definition) is 2. The van der Waals surface area contributed by atoms with Gasteiger partial charge in [0.05, 0.1) is 0 Å². The smallest absolute Gasteiger partial charge is 0.217 e. The number of rotatable bonds is 4. The van der Waals surface area contributed by atoms with Gasteiger partial charge in [0.2, 0.25) is 5.91 Å². The van der Waals surface area contributed by atoms with Crippen LogP contribution in [0.15, 0.2) is 12.1 Å². The van der Waals surface area contributed by atoms with Gasteiger partial charge in [-0.25, -0.2) is 13.2 Å². The molecule has 0 aliphatic rings. The molecule has 1 amide bonds. The first-order chi connectivity index (χ1) is 7.41. The summed E-state index contributed by atoms with van der Waals surface area (Å²) < 4.78 is 39.0. The highest BCUT2D eigenvalue weighted by molar-refractivity contribution is 5.73. The van der Waals surface area contributed by atoms with Crippen LogP contribution in [0.5, 0.6) is 0 Å². The summed E-state index contributed by atoms with van der Waals surface area (Å²) >= 11 is 0. The lowest BCUT2D eigenvalue weighted by atomic mass is 10.0. The molecule has 1 rings (SSSR count). The minimum atomic E-state index is -1.06. The fourth-order valence-electron chi connectivity index (χ4n) is 1.35. The van der Waals surface area contributed by atoms with E-state index in [2.05, 4.69) is 0 Å². The zero-order chi connectivity index (χ0) is 12.3. The van der Waals surface area contributed by atoms with Gasteiger partial charge in [-0.3, -0.25) is 4.79 Å². The molecule has 0 fully saturated rings. The molecule has 1 atom stereocenters. The maximum Gasteiger partial charge on any atom is 0.217 e. The number of carbonyl (C=O) groups is 1. The van der Waals surface area contributed by atoms with Gasteiger partial charge >= 0.3 is 0 Å². The monoisotopic (exact) mass is 232 g/mol. The van der Waals surface area contributed by atoms with Crippen molar-refractivity contribution >= 4 is 5.91 Å². The number of amides is 1. The topological polar surface area (TPSA) is 69.1 Å². The minimum Gasteiger partial charge on any atom is -0.370 e. The summed E-state index contributed by atoms with van der Waals surface area (Å²) in [6.45, 7) is 0. The standard InChI is InChI=1S/C10H11F3N2O/c11-5-3-6(12)10(7(13)4-5)8(14)1-2-9(15)16/h3-4,8H,1-2,14H2,(H2,15,16). The molecule has 3 nitrogen and oxygen atoms in total. The summed E-state index contributed by atoms with van der Waals surface area (Å²) in [5.74, 6) is -3.75. The van der Waals surface area contributed by atoms with Crippen LogP contribution in [0.3, 0.4) is 0 Å². The Morgan fingerprint density at radius 2 is 1.75 bits per heavy atom. The van der Waals surface area contributed by atoms with Gasteiger partial charge in [0.15, 0.2) is 0 Å². The first kappa shape index (κ1) is 12.5. The van der Waals surface area contributed by atoms with E-state index in [4.69, 9.17) is 11.5 Å². The van der Waals surface area contributed by atoms with Crippen molar-refractivity contribution in [2.75, 3.05) is 0 Å². The second-order valence-corrected chi connectivity index (χ2v) is 3.39. The van der Waals surface area contributed by atoms with Gasteiger partial charge in [0.25, 0.3) is 0 Å². The summed E-state index contributed by atoms with van der Waals surface area (Å²) in [6, 6.07) is 0.0681.